The van der Waals surface area contributed by atoms with Gasteiger partial charge < -0.3 is 15.6 Å². The maximum Gasteiger partial charge on any atom is 0.0489 e. The number of benzene rings is 1. The van der Waals surface area contributed by atoms with Crippen LogP contribution in [0.5, 0.6) is 0 Å². The van der Waals surface area contributed by atoms with Crippen LogP contribution in [0.4, 0.5) is 0 Å². The predicted octanol–water partition coefficient (Wildman–Crippen LogP) is 2.79. The van der Waals surface area contributed by atoms with Gasteiger partial charge in [0.1, 0.15) is 0 Å². The van der Waals surface area contributed by atoms with Gasteiger partial charge in [-0.25, -0.2) is 0 Å². The Labute approximate surface area is 109 Å². The molecular formula is C15H23N3. The molecule has 0 aliphatic heterocycles. The number of nitrogens with zero attached hydrogens (tertiary/aromatic N) is 1. The quantitative estimate of drug-likeness (QED) is 0.850. The summed E-state index contributed by atoms with van der Waals surface area (Å²) in [6.45, 7) is 9.08. The van der Waals surface area contributed by atoms with Crippen molar-refractivity contribution in [2.45, 2.75) is 39.9 Å². The Balaban J connectivity index is 2.53. The van der Waals surface area contributed by atoms with Crippen molar-refractivity contribution in [2.24, 2.45) is 5.73 Å². The first kappa shape index (κ1) is 13.1. The van der Waals surface area contributed by atoms with Crippen LogP contribution < -0.4 is 11.1 Å². The number of nitrogens with one attached hydrogen (secondary N) is 1. The van der Waals surface area contributed by atoms with E-state index in [9.17, 15) is 0 Å². The molecule has 0 fully saturated rings. The summed E-state index contributed by atoms with van der Waals surface area (Å²) in [5, 5.41) is 4.73. The lowest BCUT2D eigenvalue weighted by atomic mass is 10.1. The Morgan fingerprint density at radius 3 is 2.72 bits per heavy atom. The smallest absolute Gasteiger partial charge is 0.0489 e. The van der Waals surface area contributed by atoms with Crippen molar-refractivity contribution >= 4 is 10.9 Å². The van der Waals surface area contributed by atoms with Gasteiger partial charge in [0.25, 0.3) is 0 Å². The van der Waals surface area contributed by atoms with Gasteiger partial charge in [0.05, 0.1) is 0 Å². The number of nitrogens with two attached hydrogens (primary N) is 1. The van der Waals surface area contributed by atoms with Crippen molar-refractivity contribution in [1.29, 1.82) is 0 Å². The minimum atomic E-state index is 0.468. The Kier molecular flexibility index (Phi) is 4.04. The van der Waals surface area contributed by atoms with Crippen molar-refractivity contribution in [3.8, 4) is 0 Å². The van der Waals surface area contributed by atoms with Crippen molar-refractivity contribution in [1.82, 2.24) is 9.88 Å². The zero-order valence-electron chi connectivity index (χ0n) is 11.5. The SMILES string of the molecule is CCNCc1cn(C(C)C)c2cc(CN)ccc12. The maximum atomic E-state index is 5.73. The summed E-state index contributed by atoms with van der Waals surface area (Å²) in [6.07, 6.45) is 2.26. The van der Waals surface area contributed by atoms with Crippen LogP contribution >= 0.6 is 0 Å². The Hall–Kier alpha value is -1.32. The average molecular weight is 245 g/mol. The Morgan fingerprint density at radius 2 is 2.11 bits per heavy atom. The van der Waals surface area contributed by atoms with E-state index in [-0.39, 0.29) is 0 Å². The van der Waals surface area contributed by atoms with Crippen molar-refractivity contribution in [3.05, 3.63) is 35.5 Å². The van der Waals surface area contributed by atoms with E-state index in [2.05, 4.69) is 55.1 Å². The maximum absolute atomic E-state index is 5.73. The fourth-order valence-electron chi connectivity index (χ4n) is 2.32. The summed E-state index contributed by atoms with van der Waals surface area (Å²) >= 11 is 0. The molecule has 3 heteroatoms. The molecule has 0 saturated carbocycles. The van der Waals surface area contributed by atoms with Crippen LogP contribution in [0.15, 0.2) is 24.4 Å². The van der Waals surface area contributed by atoms with E-state index in [0.717, 1.165) is 13.1 Å². The van der Waals surface area contributed by atoms with Crippen molar-refractivity contribution in [2.75, 3.05) is 6.54 Å². The number of aromatic nitrogens is 1. The zero-order chi connectivity index (χ0) is 13.1. The van der Waals surface area contributed by atoms with Gasteiger partial charge in [0.15, 0.2) is 0 Å². The third-order valence-electron chi connectivity index (χ3n) is 3.34. The van der Waals surface area contributed by atoms with Crippen LogP contribution in [0.2, 0.25) is 0 Å². The molecule has 0 aliphatic rings. The molecule has 2 rings (SSSR count). The highest BCUT2D eigenvalue weighted by atomic mass is 15.0. The van der Waals surface area contributed by atoms with Gasteiger partial charge in [0.2, 0.25) is 0 Å². The van der Waals surface area contributed by atoms with E-state index in [1.54, 1.807) is 0 Å². The highest BCUT2D eigenvalue weighted by molar-refractivity contribution is 5.84. The molecule has 2 aromatic rings. The molecule has 1 heterocycles. The van der Waals surface area contributed by atoms with E-state index < -0.39 is 0 Å². The first-order valence-electron chi connectivity index (χ1n) is 6.70. The first-order chi connectivity index (χ1) is 8.67. The zero-order valence-corrected chi connectivity index (χ0v) is 11.5. The van der Waals surface area contributed by atoms with Crippen molar-refractivity contribution in [3.63, 3.8) is 0 Å². The van der Waals surface area contributed by atoms with Gasteiger partial charge in [-0.2, -0.15) is 0 Å². The molecule has 0 bridgehead atoms. The van der Waals surface area contributed by atoms with Crippen LogP contribution in [-0.2, 0) is 13.1 Å². The normalized spacial score (nSPS) is 11.6. The summed E-state index contributed by atoms with van der Waals surface area (Å²) < 4.78 is 2.33. The summed E-state index contributed by atoms with van der Waals surface area (Å²) in [5.41, 5.74) is 9.58. The fourth-order valence-corrected chi connectivity index (χ4v) is 2.32. The largest absolute Gasteiger partial charge is 0.345 e. The van der Waals surface area contributed by atoms with E-state index >= 15 is 0 Å². The van der Waals surface area contributed by atoms with Crippen LogP contribution in [0.25, 0.3) is 10.9 Å². The number of rotatable bonds is 5. The summed E-state index contributed by atoms with van der Waals surface area (Å²) in [5.74, 6) is 0. The highest BCUT2D eigenvalue weighted by Crippen LogP contribution is 2.25. The molecule has 3 N–H and O–H groups in total. The fraction of sp³-hybridized carbons (Fsp3) is 0.467. The molecule has 0 amide bonds. The van der Waals surface area contributed by atoms with Gasteiger partial charge in [-0.3, -0.25) is 0 Å². The predicted molar refractivity (Wildman–Crippen MR) is 77.6 cm³/mol. The van der Waals surface area contributed by atoms with Gasteiger partial charge in [-0.15, -0.1) is 0 Å². The molecule has 1 aromatic carbocycles. The molecule has 0 unspecified atom stereocenters. The summed E-state index contributed by atoms with van der Waals surface area (Å²) in [6, 6.07) is 7.01. The van der Waals surface area contributed by atoms with E-state index in [1.165, 1.54) is 22.0 Å². The molecule has 3 nitrogen and oxygen atoms in total. The van der Waals surface area contributed by atoms with Crippen LogP contribution in [0, 0.1) is 0 Å². The minimum absolute atomic E-state index is 0.468. The van der Waals surface area contributed by atoms with Crippen LogP contribution in [0.1, 0.15) is 37.9 Å². The van der Waals surface area contributed by atoms with Crippen molar-refractivity contribution < 1.29 is 0 Å². The second kappa shape index (κ2) is 5.55. The van der Waals surface area contributed by atoms with Gasteiger partial charge >= 0.3 is 0 Å². The van der Waals surface area contributed by atoms with Gasteiger partial charge in [-0.1, -0.05) is 19.1 Å². The second-order valence-corrected chi connectivity index (χ2v) is 4.99. The molecule has 0 saturated heterocycles. The summed E-state index contributed by atoms with van der Waals surface area (Å²) in [4.78, 5) is 0. The molecule has 1 aromatic heterocycles. The molecule has 98 valence electrons. The third kappa shape index (κ3) is 2.42. The number of hydrogen-bond acceptors (Lipinski definition) is 2. The number of fused-ring (bicyclic) bond motifs is 1. The average Bonchev–Trinajstić information content (AvgIpc) is 2.74. The second-order valence-electron chi connectivity index (χ2n) is 4.99. The van der Waals surface area contributed by atoms with E-state index in [4.69, 9.17) is 5.73 Å². The lowest BCUT2D eigenvalue weighted by Crippen LogP contribution is -2.11. The van der Waals surface area contributed by atoms with Crippen LogP contribution in [0.3, 0.4) is 0 Å². The van der Waals surface area contributed by atoms with Gasteiger partial charge in [0, 0.05) is 36.2 Å². The van der Waals surface area contributed by atoms with Crippen LogP contribution in [-0.4, -0.2) is 11.1 Å². The third-order valence-corrected chi connectivity index (χ3v) is 3.34. The van der Waals surface area contributed by atoms with E-state index in [0.29, 0.717) is 12.6 Å². The van der Waals surface area contributed by atoms with Gasteiger partial charge in [-0.05, 0) is 37.6 Å². The summed E-state index contributed by atoms with van der Waals surface area (Å²) in [7, 11) is 0. The lowest BCUT2D eigenvalue weighted by Gasteiger charge is -2.09. The number of hydrogen-bond donors (Lipinski definition) is 2. The molecule has 0 radical (unpaired) electrons. The highest BCUT2D eigenvalue weighted by Gasteiger charge is 2.10. The molecule has 0 aliphatic carbocycles. The van der Waals surface area contributed by atoms with E-state index in [1.807, 2.05) is 0 Å². The topological polar surface area (TPSA) is 43.0 Å². The molecular weight excluding hydrogens is 222 g/mol. The standard InChI is InChI=1S/C15H23N3/c1-4-17-9-13-10-18(11(2)3)15-7-12(8-16)5-6-14(13)15/h5-7,10-11,17H,4,8-9,16H2,1-3H3. The Morgan fingerprint density at radius 1 is 1.33 bits per heavy atom. The minimum Gasteiger partial charge on any atom is -0.345 e. The Bertz CT molecular complexity index is 526. The molecule has 0 atom stereocenters. The monoisotopic (exact) mass is 245 g/mol. The first-order valence-corrected chi connectivity index (χ1v) is 6.70. The molecule has 18 heavy (non-hydrogen) atoms. The lowest BCUT2D eigenvalue weighted by molar-refractivity contribution is 0.618. The molecule has 0 spiro atoms.